The van der Waals surface area contributed by atoms with Gasteiger partial charge in [-0.2, -0.15) is 0 Å². The van der Waals surface area contributed by atoms with Gasteiger partial charge in [0.15, 0.2) is 29.0 Å². The number of fused-ring (bicyclic) bond motifs is 1. The summed E-state index contributed by atoms with van der Waals surface area (Å²) in [6.07, 6.45) is 1.74. The third kappa shape index (κ3) is 5.95. The van der Waals surface area contributed by atoms with Crippen LogP contribution < -0.4 is 29.6 Å². The van der Waals surface area contributed by atoms with Crippen molar-refractivity contribution in [3.63, 3.8) is 0 Å². The molecule has 7 heteroatoms. The molecule has 3 rings (SSSR count). The van der Waals surface area contributed by atoms with E-state index in [4.69, 9.17) is 23.9 Å². The molecule has 0 saturated heterocycles. The molecule has 0 amide bonds. The number of nitrogens with zero attached hydrogens (tertiary/aromatic N) is 1. The summed E-state index contributed by atoms with van der Waals surface area (Å²) in [5.74, 6) is 3.86. The van der Waals surface area contributed by atoms with Crippen LogP contribution in [0.1, 0.15) is 24.5 Å². The predicted molar refractivity (Wildman–Crippen MR) is 118 cm³/mol. The molecule has 1 aliphatic heterocycles. The van der Waals surface area contributed by atoms with E-state index in [0.29, 0.717) is 19.8 Å². The Morgan fingerprint density at radius 3 is 2.47 bits per heavy atom. The first-order valence-corrected chi connectivity index (χ1v) is 10.3. The number of rotatable bonds is 8. The fourth-order valence-electron chi connectivity index (χ4n) is 3.18. The van der Waals surface area contributed by atoms with Gasteiger partial charge < -0.3 is 29.6 Å². The maximum atomic E-state index is 5.77. The van der Waals surface area contributed by atoms with Crippen LogP contribution >= 0.6 is 0 Å². The van der Waals surface area contributed by atoms with Gasteiger partial charge in [0.05, 0.1) is 34.0 Å². The van der Waals surface area contributed by atoms with Gasteiger partial charge in [-0.1, -0.05) is 12.1 Å². The van der Waals surface area contributed by atoms with Gasteiger partial charge in [-0.15, -0.1) is 0 Å². The van der Waals surface area contributed by atoms with Crippen molar-refractivity contribution in [3.8, 4) is 23.0 Å². The van der Waals surface area contributed by atoms with E-state index in [9.17, 15) is 0 Å². The lowest BCUT2D eigenvalue weighted by molar-refractivity contribution is 0.297. The van der Waals surface area contributed by atoms with Crippen LogP contribution in [-0.4, -0.2) is 46.5 Å². The van der Waals surface area contributed by atoms with E-state index in [2.05, 4.69) is 17.6 Å². The van der Waals surface area contributed by atoms with Crippen LogP contribution in [0.3, 0.4) is 0 Å². The largest absolute Gasteiger partial charge is 0.493 e. The first-order chi connectivity index (χ1) is 14.7. The average Bonchev–Trinajstić information content (AvgIpc) is 3.02. The van der Waals surface area contributed by atoms with Crippen molar-refractivity contribution in [1.29, 1.82) is 0 Å². The zero-order valence-electron chi connectivity index (χ0n) is 18.0. The Morgan fingerprint density at radius 2 is 1.70 bits per heavy atom. The van der Waals surface area contributed by atoms with Crippen LogP contribution in [-0.2, 0) is 13.0 Å². The van der Waals surface area contributed by atoms with Crippen LogP contribution in [0.4, 0.5) is 0 Å². The number of nitrogens with one attached hydrogen (secondary N) is 2. The summed E-state index contributed by atoms with van der Waals surface area (Å²) in [6.45, 7) is 5.53. The lowest BCUT2D eigenvalue weighted by atomic mass is 10.1. The second-order valence-corrected chi connectivity index (χ2v) is 6.89. The molecule has 1 aliphatic rings. The van der Waals surface area contributed by atoms with Crippen molar-refractivity contribution < 1.29 is 18.9 Å². The number of guanidine groups is 1. The van der Waals surface area contributed by atoms with E-state index in [0.717, 1.165) is 60.5 Å². The highest BCUT2D eigenvalue weighted by Gasteiger charge is 2.10. The van der Waals surface area contributed by atoms with E-state index in [1.165, 1.54) is 5.56 Å². The second kappa shape index (κ2) is 11.2. The van der Waals surface area contributed by atoms with Crippen LogP contribution in [0.5, 0.6) is 23.0 Å². The molecule has 1 heterocycles. The monoisotopic (exact) mass is 413 g/mol. The van der Waals surface area contributed by atoms with Crippen LogP contribution in [0, 0.1) is 0 Å². The Bertz CT molecular complexity index is 854. The summed E-state index contributed by atoms with van der Waals surface area (Å²) >= 11 is 0. The Morgan fingerprint density at radius 1 is 0.933 bits per heavy atom. The number of methoxy groups -OCH3 is 2. The van der Waals surface area contributed by atoms with Crippen molar-refractivity contribution in [1.82, 2.24) is 10.6 Å². The molecular formula is C23H31N3O4. The van der Waals surface area contributed by atoms with Crippen LogP contribution in [0.25, 0.3) is 0 Å². The second-order valence-electron chi connectivity index (χ2n) is 6.89. The molecule has 0 aliphatic carbocycles. The Hall–Kier alpha value is -3.09. The molecule has 30 heavy (non-hydrogen) atoms. The summed E-state index contributed by atoms with van der Waals surface area (Å²) in [5, 5.41) is 6.68. The topological polar surface area (TPSA) is 73.3 Å². The lowest BCUT2D eigenvalue weighted by Gasteiger charge is -2.13. The molecule has 0 radical (unpaired) electrons. The Balaban J connectivity index is 1.58. The minimum Gasteiger partial charge on any atom is -0.493 e. The summed E-state index contributed by atoms with van der Waals surface area (Å²) in [5.41, 5.74) is 2.25. The van der Waals surface area contributed by atoms with Gasteiger partial charge in [0.2, 0.25) is 0 Å². The molecule has 0 atom stereocenters. The van der Waals surface area contributed by atoms with Gasteiger partial charge in [-0.05, 0) is 48.7 Å². The summed E-state index contributed by atoms with van der Waals surface area (Å²) in [7, 11) is 3.29. The SMILES string of the molecule is CCNC(=NCc1ccc2c(c1)OCCCO2)NCCc1ccc(OC)c(OC)c1. The maximum absolute atomic E-state index is 5.77. The zero-order chi connectivity index (χ0) is 21.2. The van der Waals surface area contributed by atoms with Crippen molar-refractivity contribution >= 4 is 5.96 Å². The van der Waals surface area contributed by atoms with E-state index >= 15 is 0 Å². The van der Waals surface area contributed by atoms with Gasteiger partial charge in [-0.25, -0.2) is 4.99 Å². The van der Waals surface area contributed by atoms with E-state index in [1.54, 1.807) is 14.2 Å². The van der Waals surface area contributed by atoms with E-state index < -0.39 is 0 Å². The number of hydrogen-bond acceptors (Lipinski definition) is 5. The third-order valence-electron chi connectivity index (χ3n) is 4.73. The molecule has 0 bridgehead atoms. The van der Waals surface area contributed by atoms with Crippen molar-refractivity contribution in [2.45, 2.75) is 26.3 Å². The molecule has 2 N–H and O–H groups in total. The Kier molecular flexibility index (Phi) is 8.06. The van der Waals surface area contributed by atoms with Crippen molar-refractivity contribution in [3.05, 3.63) is 47.5 Å². The predicted octanol–water partition coefficient (Wildman–Crippen LogP) is 3.16. The molecule has 0 fully saturated rings. The highest BCUT2D eigenvalue weighted by molar-refractivity contribution is 5.79. The Labute approximate surface area is 178 Å². The minimum atomic E-state index is 0.558. The van der Waals surface area contributed by atoms with E-state index in [1.807, 2.05) is 36.4 Å². The fourth-order valence-corrected chi connectivity index (χ4v) is 3.18. The standard InChI is InChI=1S/C23H31N3O4/c1-4-24-23(25-11-10-17-6-8-19(27-2)21(14-17)28-3)26-16-18-7-9-20-22(15-18)30-13-5-12-29-20/h6-9,14-15H,4-5,10-13,16H2,1-3H3,(H2,24,25,26). The number of aliphatic imine (C=N–C) groups is 1. The summed E-state index contributed by atoms with van der Waals surface area (Å²) in [6, 6.07) is 12.0. The highest BCUT2D eigenvalue weighted by Crippen LogP contribution is 2.30. The lowest BCUT2D eigenvalue weighted by Crippen LogP contribution is -2.38. The molecule has 7 nitrogen and oxygen atoms in total. The highest BCUT2D eigenvalue weighted by atomic mass is 16.5. The fraction of sp³-hybridized carbons (Fsp3) is 0.435. The van der Waals surface area contributed by atoms with E-state index in [-0.39, 0.29) is 0 Å². The minimum absolute atomic E-state index is 0.558. The quantitative estimate of drug-likeness (QED) is 0.512. The normalized spacial score (nSPS) is 13.4. The van der Waals surface area contributed by atoms with Crippen LogP contribution in [0.2, 0.25) is 0 Å². The number of hydrogen-bond donors (Lipinski definition) is 2. The molecule has 0 unspecified atom stereocenters. The summed E-state index contributed by atoms with van der Waals surface area (Å²) < 4.78 is 22.1. The van der Waals surface area contributed by atoms with Gasteiger partial charge in [0.25, 0.3) is 0 Å². The molecular weight excluding hydrogens is 382 g/mol. The average molecular weight is 414 g/mol. The third-order valence-corrected chi connectivity index (χ3v) is 4.73. The van der Waals surface area contributed by atoms with Gasteiger partial charge in [-0.3, -0.25) is 0 Å². The van der Waals surface area contributed by atoms with Crippen molar-refractivity contribution in [2.24, 2.45) is 4.99 Å². The smallest absolute Gasteiger partial charge is 0.191 e. The first kappa shape index (κ1) is 21.6. The maximum Gasteiger partial charge on any atom is 0.191 e. The molecule has 2 aromatic carbocycles. The van der Waals surface area contributed by atoms with Crippen LogP contribution in [0.15, 0.2) is 41.4 Å². The summed E-state index contributed by atoms with van der Waals surface area (Å²) in [4.78, 5) is 4.70. The number of benzene rings is 2. The molecule has 162 valence electrons. The first-order valence-electron chi connectivity index (χ1n) is 10.3. The molecule has 0 aromatic heterocycles. The van der Waals surface area contributed by atoms with Gasteiger partial charge >= 0.3 is 0 Å². The van der Waals surface area contributed by atoms with Gasteiger partial charge in [0.1, 0.15) is 0 Å². The molecule has 0 spiro atoms. The molecule has 2 aromatic rings. The number of ether oxygens (including phenoxy) is 4. The van der Waals surface area contributed by atoms with Gasteiger partial charge in [0, 0.05) is 19.5 Å². The van der Waals surface area contributed by atoms with Crippen molar-refractivity contribution in [2.75, 3.05) is 40.5 Å². The molecule has 0 saturated carbocycles. The zero-order valence-corrected chi connectivity index (χ0v) is 18.0.